The van der Waals surface area contributed by atoms with Crippen LogP contribution in [0.25, 0.3) is 0 Å². The van der Waals surface area contributed by atoms with E-state index in [4.69, 9.17) is 14.2 Å². The zero-order chi connectivity index (χ0) is 43.1. The van der Waals surface area contributed by atoms with Crippen LogP contribution in [-0.2, 0) is 28.6 Å². The van der Waals surface area contributed by atoms with Crippen molar-refractivity contribution in [3.05, 3.63) is 0 Å². The third-order valence-electron chi connectivity index (χ3n) is 12.0. The molecule has 0 bridgehead atoms. The predicted octanol–water partition coefficient (Wildman–Crippen LogP) is 17.1. The number of ether oxygens (including phenoxy) is 3. The monoisotopic (exact) mass is 835 g/mol. The Morgan fingerprint density at radius 1 is 0.322 bits per heavy atom. The predicted molar refractivity (Wildman–Crippen MR) is 252 cm³/mol. The van der Waals surface area contributed by atoms with Crippen LogP contribution >= 0.6 is 0 Å². The van der Waals surface area contributed by atoms with Gasteiger partial charge in [-0.05, 0) is 25.2 Å². The second-order valence-electron chi connectivity index (χ2n) is 18.6. The average molecular weight is 835 g/mol. The van der Waals surface area contributed by atoms with Crippen molar-refractivity contribution in [2.75, 3.05) is 13.2 Å². The van der Waals surface area contributed by atoms with Crippen LogP contribution in [0.5, 0.6) is 0 Å². The Hall–Kier alpha value is -1.59. The zero-order valence-electron chi connectivity index (χ0n) is 40.2. The summed E-state index contributed by atoms with van der Waals surface area (Å²) in [5.41, 5.74) is 0. The summed E-state index contributed by atoms with van der Waals surface area (Å²) >= 11 is 0. The van der Waals surface area contributed by atoms with E-state index in [-0.39, 0.29) is 31.1 Å². The largest absolute Gasteiger partial charge is 0.462 e. The van der Waals surface area contributed by atoms with Gasteiger partial charge in [0.05, 0.1) is 0 Å². The normalized spacial score (nSPS) is 11.9. The molecule has 0 aromatic carbocycles. The minimum atomic E-state index is -0.760. The summed E-state index contributed by atoms with van der Waals surface area (Å²) in [5.74, 6) is -0.0380. The summed E-state index contributed by atoms with van der Waals surface area (Å²) in [7, 11) is 0. The van der Waals surface area contributed by atoms with E-state index in [0.717, 1.165) is 63.7 Å². The smallest absolute Gasteiger partial charge is 0.306 e. The van der Waals surface area contributed by atoms with Crippen molar-refractivity contribution >= 4 is 17.9 Å². The van der Waals surface area contributed by atoms with Crippen molar-refractivity contribution < 1.29 is 28.6 Å². The Morgan fingerprint density at radius 2 is 0.559 bits per heavy atom. The van der Waals surface area contributed by atoms with E-state index in [1.54, 1.807) is 0 Å². The maximum absolute atomic E-state index is 12.8. The summed E-state index contributed by atoms with van der Waals surface area (Å²) in [5, 5.41) is 0. The maximum atomic E-state index is 12.8. The fraction of sp³-hybridized carbons (Fsp3) is 0.943. The maximum Gasteiger partial charge on any atom is 0.306 e. The summed E-state index contributed by atoms with van der Waals surface area (Å²) in [6.07, 6.45) is 49.5. The molecule has 1 atom stereocenters. The standard InChI is InChI=1S/C53H102O6/c1-5-7-9-11-13-15-17-18-19-20-21-22-23-24-25-29-34-38-42-46-53(56)59-50(47-57-51(54)44-40-36-32-28-16-14-12-10-8-6-2)48-58-52(55)45-41-37-33-30-26-27-31-35-39-43-49(3)4/h49-50H,5-48H2,1-4H3/t50-/m1/s1. The van der Waals surface area contributed by atoms with Crippen LogP contribution in [0, 0.1) is 5.92 Å². The van der Waals surface area contributed by atoms with Crippen molar-refractivity contribution in [3.63, 3.8) is 0 Å². The van der Waals surface area contributed by atoms with Gasteiger partial charge in [-0.25, -0.2) is 0 Å². The molecular formula is C53H102O6. The second-order valence-corrected chi connectivity index (χ2v) is 18.6. The quantitative estimate of drug-likeness (QED) is 0.0345. The highest BCUT2D eigenvalue weighted by Gasteiger charge is 2.19. The first kappa shape index (κ1) is 57.4. The van der Waals surface area contributed by atoms with Crippen LogP contribution in [0.15, 0.2) is 0 Å². The molecule has 6 nitrogen and oxygen atoms in total. The minimum absolute atomic E-state index is 0.0632. The Morgan fingerprint density at radius 3 is 0.831 bits per heavy atom. The lowest BCUT2D eigenvalue weighted by Gasteiger charge is -2.18. The molecule has 0 amide bonds. The molecule has 0 aromatic rings. The third-order valence-corrected chi connectivity index (χ3v) is 12.0. The number of carbonyl (C=O) groups excluding carboxylic acids is 3. The second kappa shape index (κ2) is 47.5. The number of unbranched alkanes of at least 4 members (excludes halogenated alkanes) is 35. The summed E-state index contributed by atoms with van der Waals surface area (Å²) in [4.78, 5) is 37.9. The van der Waals surface area contributed by atoms with Crippen LogP contribution in [0.4, 0.5) is 0 Å². The van der Waals surface area contributed by atoms with Gasteiger partial charge in [-0.2, -0.15) is 0 Å². The third kappa shape index (κ3) is 47.3. The molecule has 0 spiro atoms. The first-order chi connectivity index (χ1) is 28.9. The van der Waals surface area contributed by atoms with Crippen molar-refractivity contribution in [2.24, 2.45) is 5.92 Å². The van der Waals surface area contributed by atoms with E-state index < -0.39 is 6.10 Å². The Labute approximate surface area is 368 Å². The lowest BCUT2D eigenvalue weighted by Crippen LogP contribution is -2.30. The van der Waals surface area contributed by atoms with Gasteiger partial charge < -0.3 is 14.2 Å². The first-order valence-electron chi connectivity index (χ1n) is 26.4. The SMILES string of the molecule is CCCCCCCCCCCCCCCCCCCCCC(=O)O[C@H](COC(=O)CCCCCCCCCCCC)COC(=O)CCCCCCCCCCCC(C)C. The van der Waals surface area contributed by atoms with Gasteiger partial charge in [0, 0.05) is 19.3 Å². The van der Waals surface area contributed by atoms with Gasteiger partial charge in [-0.3, -0.25) is 14.4 Å². The van der Waals surface area contributed by atoms with Crippen molar-refractivity contribution in [1.29, 1.82) is 0 Å². The fourth-order valence-electron chi connectivity index (χ4n) is 8.04. The van der Waals surface area contributed by atoms with E-state index in [1.807, 2.05) is 0 Å². The number of esters is 3. The van der Waals surface area contributed by atoms with Crippen LogP contribution in [0.2, 0.25) is 0 Å². The molecule has 0 fully saturated rings. The van der Waals surface area contributed by atoms with Gasteiger partial charge in [0.1, 0.15) is 13.2 Å². The molecule has 0 saturated heterocycles. The molecule has 0 unspecified atom stereocenters. The lowest BCUT2D eigenvalue weighted by atomic mass is 10.0. The summed E-state index contributed by atoms with van der Waals surface area (Å²) < 4.78 is 16.8. The van der Waals surface area contributed by atoms with E-state index in [2.05, 4.69) is 27.7 Å². The molecule has 0 aromatic heterocycles. The molecular weight excluding hydrogens is 733 g/mol. The number of hydrogen-bond donors (Lipinski definition) is 0. The van der Waals surface area contributed by atoms with Gasteiger partial charge in [-0.1, -0.05) is 259 Å². The van der Waals surface area contributed by atoms with Crippen molar-refractivity contribution in [2.45, 2.75) is 303 Å². The zero-order valence-corrected chi connectivity index (χ0v) is 40.2. The molecule has 0 N–H and O–H groups in total. The first-order valence-corrected chi connectivity index (χ1v) is 26.4. The highest BCUT2D eigenvalue weighted by Crippen LogP contribution is 2.17. The molecule has 0 rings (SSSR count). The van der Waals surface area contributed by atoms with Crippen LogP contribution in [-0.4, -0.2) is 37.2 Å². The molecule has 59 heavy (non-hydrogen) atoms. The Bertz CT molecular complexity index is 887. The Balaban J connectivity index is 4.24. The number of hydrogen-bond acceptors (Lipinski definition) is 6. The topological polar surface area (TPSA) is 78.9 Å². The number of rotatable bonds is 48. The van der Waals surface area contributed by atoms with Crippen LogP contribution in [0.1, 0.15) is 297 Å². The molecule has 0 aliphatic carbocycles. The van der Waals surface area contributed by atoms with Gasteiger partial charge >= 0.3 is 17.9 Å². The molecule has 0 radical (unpaired) electrons. The minimum Gasteiger partial charge on any atom is -0.462 e. The van der Waals surface area contributed by atoms with E-state index in [9.17, 15) is 14.4 Å². The van der Waals surface area contributed by atoms with Gasteiger partial charge in [-0.15, -0.1) is 0 Å². The highest BCUT2D eigenvalue weighted by molar-refractivity contribution is 5.71. The van der Waals surface area contributed by atoms with E-state index >= 15 is 0 Å². The molecule has 6 heteroatoms. The van der Waals surface area contributed by atoms with Crippen LogP contribution < -0.4 is 0 Å². The van der Waals surface area contributed by atoms with Crippen molar-refractivity contribution in [3.8, 4) is 0 Å². The highest BCUT2D eigenvalue weighted by atomic mass is 16.6. The van der Waals surface area contributed by atoms with E-state index in [1.165, 1.54) is 193 Å². The van der Waals surface area contributed by atoms with Crippen molar-refractivity contribution in [1.82, 2.24) is 0 Å². The molecule has 0 heterocycles. The lowest BCUT2D eigenvalue weighted by molar-refractivity contribution is -0.167. The fourth-order valence-corrected chi connectivity index (χ4v) is 8.04. The Kier molecular flexibility index (Phi) is 46.2. The molecule has 0 aliphatic heterocycles. The summed E-state index contributed by atoms with van der Waals surface area (Å²) in [6.45, 7) is 9.00. The van der Waals surface area contributed by atoms with Gasteiger partial charge in [0.25, 0.3) is 0 Å². The van der Waals surface area contributed by atoms with E-state index in [0.29, 0.717) is 19.3 Å². The summed E-state index contributed by atoms with van der Waals surface area (Å²) in [6, 6.07) is 0. The number of carbonyl (C=O) groups is 3. The molecule has 0 aliphatic rings. The molecule has 350 valence electrons. The van der Waals surface area contributed by atoms with Gasteiger partial charge in [0.15, 0.2) is 6.10 Å². The molecule has 0 saturated carbocycles. The van der Waals surface area contributed by atoms with Crippen LogP contribution in [0.3, 0.4) is 0 Å². The van der Waals surface area contributed by atoms with Gasteiger partial charge in [0.2, 0.25) is 0 Å². The average Bonchev–Trinajstić information content (AvgIpc) is 3.22.